The van der Waals surface area contributed by atoms with Gasteiger partial charge in [-0.15, -0.1) is 0 Å². The molecule has 1 unspecified atom stereocenters. The summed E-state index contributed by atoms with van der Waals surface area (Å²) in [6.07, 6.45) is 0. The predicted octanol–water partition coefficient (Wildman–Crippen LogP) is 1.66. The van der Waals surface area contributed by atoms with Gasteiger partial charge in [-0.3, -0.25) is 4.79 Å². The predicted molar refractivity (Wildman–Crippen MR) is 86.4 cm³/mol. The summed E-state index contributed by atoms with van der Waals surface area (Å²) >= 11 is 3.61. The van der Waals surface area contributed by atoms with E-state index in [0.29, 0.717) is 0 Å². The summed E-state index contributed by atoms with van der Waals surface area (Å²) in [5.41, 5.74) is 2.97. The first-order valence-electron chi connectivity index (χ1n) is 6.61. The number of hydrogen-bond donors (Lipinski definition) is 2. The molecule has 1 aromatic carbocycles. The molecule has 1 atom stereocenters. The Bertz CT molecular complexity index is 518. The molecule has 0 saturated carbocycles. The molecule has 0 saturated heterocycles. The van der Waals surface area contributed by atoms with Crippen LogP contribution in [0.15, 0.2) is 16.6 Å². The van der Waals surface area contributed by atoms with E-state index in [1.54, 1.807) is 7.05 Å². The van der Waals surface area contributed by atoms with Gasteiger partial charge < -0.3 is 20.4 Å². The molecule has 1 aromatic rings. The molecule has 6 heteroatoms. The minimum absolute atomic E-state index is 0.00231. The molecule has 1 aliphatic rings. The second-order valence-electron chi connectivity index (χ2n) is 5.33. The quantitative estimate of drug-likeness (QED) is 0.855. The van der Waals surface area contributed by atoms with Gasteiger partial charge in [-0.05, 0) is 49.2 Å². The zero-order chi connectivity index (χ0) is 14.9. The van der Waals surface area contributed by atoms with Crippen molar-refractivity contribution in [3.05, 3.63) is 22.2 Å². The lowest BCUT2D eigenvalue weighted by atomic mass is 10.1. The average Bonchev–Trinajstić information content (AvgIpc) is 2.69. The summed E-state index contributed by atoms with van der Waals surface area (Å²) in [5.74, 6) is 0.00231. The van der Waals surface area contributed by atoms with Gasteiger partial charge in [0.05, 0.1) is 5.69 Å². The number of carbonyl (C=O) groups is 1. The number of hydrogen-bond acceptors (Lipinski definition) is 4. The molecule has 0 spiro atoms. The van der Waals surface area contributed by atoms with E-state index in [1.165, 1.54) is 0 Å². The Balaban J connectivity index is 2.25. The second-order valence-corrected chi connectivity index (χ2v) is 6.18. The number of nitrogens with one attached hydrogen (secondary N) is 2. The Kier molecular flexibility index (Phi) is 4.67. The average molecular weight is 341 g/mol. The van der Waals surface area contributed by atoms with E-state index in [-0.39, 0.29) is 11.9 Å². The molecule has 0 aliphatic carbocycles. The molecule has 2 N–H and O–H groups in total. The zero-order valence-corrected chi connectivity index (χ0v) is 13.9. The van der Waals surface area contributed by atoms with Crippen molar-refractivity contribution in [1.29, 1.82) is 0 Å². The molecule has 2 rings (SSSR count). The van der Waals surface area contributed by atoms with Crippen molar-refractivity contribution in [1.82, 2.24) is 10.2 Å². The van der Waals surface area contributed by atoms with E-state index in [9.17, 15) is 4.79 Å². The molecule has 1 amide bonds. The van der Waals surface area contributed by atoms with Gasteiger partial charge in [0.15, 0.2) is 0 Å². The Morgan fingerprint density at radius 1 is 1.30 bits per heavy atom. The topological polar surface area (TPSA) is 47.6 Å². The lowest BCUT2D eigenvalue weighted by Crippen LogP contribution is -2.28. The van der Waals surface area contributed by atoms with Crippen molar-refractivity contribution in [2.24, 2.45) is 0 Å². The first-order chi connectivity index (χ1) is 9.43. The second kappa shape index (κ2) is 6.11. The molecule has 110 valence electrons. The third kappa shape index (κ3) is 2.97. The SMILES string of the molecule is CNC1C(=O)Nc2cc(N(C)CCN(C)C)c(Br)cc21. The number of rotatable bonds is 5. The Hall–Kier alpha value is -1.11. The van der Waals surface area contributed by atoms with Crippen LogP contribution >= 0.6 is 15.9 Å². The van der Waals surface area contributed by atoms with Gasteiger partial charge in [0.1, 0.15) is 6.04 Å². The molecule has 1 heterocycles. The Morgan fingerprint density at radius 3 is 2.60 bits per heavy atom. The lowest BCUT2D eigenvalue weighted by molar-refractivity contribution is -0.117. The van der Waals surface area contributed by atoms with E-state index in [1.807, 2.05) is 12.1 Å². The number of nitrogens with zero attached hydrogens (tertiary/aromatic N) is 2. The van der Waals surface area contributed by atoms with Crippen LogP contribution in [0.3, 0.4) is 0 Å². The number of benzene rings is 1. The molecule has 1 aliphatic heterocycles. The van der Waals surface area contributed by atoms with Crippen LogP contribution in [0.5, 0.6) is 0 Å². The number of anilines is 2. The van der Waals surface area contributed by atoms with Crippen molar-refractivity contribution in [2.45, 2.75) is 6.04 Å². The van der Waals surface area contributed by atoms with Crippen molar-refractivity contribution in [2.75, 3.05) is 51.5 Å². The van der Waals surface area contributed by atoms with Gasteiger partial charge in [0.25, 0.3) is 0 Å². The highest BCUT2D eigenvalue weighted by molar-refractivity contribution is 9.10. The highest BCUT2D eigenvalue weighted by Gasteiger charge is 2.30. The summed E-state index contributed by atoms with van der Waals surface area (Å²) in [6.45, 7) is 1.90. The summed E-state index contributed by atoms with van der Waals surface area (Å²) < 4.78 is 1.01. The van der Waals surface area contributed by atoms with Crippen LogP contribution in [0.4, 0.5) is 11.4 Å². The van der Waals surface area contributed by atoms with Crippen LogP contribution in [0.1, 0.15) is 11.6 Å². The van der Waals surface area contributed by atoms with Crippen molar-refractivity contribution in [3.8, 4) is 0 Å². The monoisotopic (exact) mass is 340 g/mol. The molecule has 20 heavy (non-hydrogen) atoms. The summed E-state index contributed by atoms with van der Waals surface area (Å²) in [4.78, 5) is 16.2. The summed E-state index contributed by atoms with van der Waals surface area (Å²) in [6, 6.07) is 3.79. The fraction of sp³-hybridized carbons (Fsp3) is 0.500. The molecule has 0 radical (unpaired) electrons. The minimum atomic E-state index is -0.262. The Labute approximate surface area is 128 Å². The fourth-order valence-electron chi connectivity index (χ4n) is 2.32. The van der Waals surface area contributed by atoms with E-state index in [2.05, 4.69) is 57.5 Å². The third-order valence-corrected chi connectivity index (χ3v) is 4.17. The molecule has 0 fully saturated rings. The molecular formula is C14H21BrN4O. The number of amides is 1. The maximum Gasteiger partial charge on any atom is 0.246 e. The highest BCUT2D eigenvalue weighted by atomic mass is 79.9. The van der Waals surface area contributed by atoms with Gasteiger partial charge in [-0.2, -0.15) is 0 Å². The minimum Gasteiger partial charge on any atom is -0.372 e. The molecule has 5 nitrogen and oxygen atoms in total. The van der Waals surface area contributed by atoms with Crippen LogP contribution < -0.4 is 15.5 Å². The van der Waals surface area contributed by atoms with Gasteiger partial charge in [-0.25, -0.2) is 0 Å². The highest BCUT2D eigenvalue weighted by Crippen LogP contribution is 2.38. The molecular weight excluding hydrogens is 320 g/mol. The van der Waals surface area contributed by atoms with Crippen LogP contribution in [-0.2, 0) is 4.79 Å². The first kappa shape index (κ1) is 15.3. The fourth-order valence-corrected chi connectivity index (χ4v) is 2.98. The standard InChI is InChI=1S/C14H21BrN4O/c1-16-13-9-7-10(15)12(8-11(9)17-14(13)20)19(4)6-5-18(2)3/h7-8,13,16H,5-6H2,1-4H3,(H,17,20). The normalized spacial score (nSPS) is 17.3. The van der Waals surface area contributed by atoms with Crippen LogP contribution in [0, 0.1) is 0 Å². The van der Waals surface area contributed by atoms with Crippen LogP contribution in [-0.4, -0.2) is 52.1 Å². The maximum absolute atomic E-state index is 11.9. The lowest BCUT2D eigenvalue weighted by Gasteiger charge is -2.23. The van der Waals surface area contributed by atoms with Crippen molar-refractivity contribution < 1.29 is 4.79 Å². The zero-order valence-electron chi connectivity index (χ0n) is 12.3. The summed E-state index contributed by atoms with van der Waals surface area (Å²) in [7, 11) is 7.97. The number of likely N-dealkylation sites (N-methyl/N-ethyl adjacent to an activating group) is 3. The van der Waals surface area contributed by atoms with Crippen molar-refractivity contribution in [3.63, 3.8) is 0 Å². The smallest absolute Gasteiger partial charge is 0.246 e. The first-order valence-corrected chi connectivity index (χ1v) is 7.40. The van der Waals surface area contributed by atoms with Gasteiger partial charge >= 0.3 is 0 Å². The van der Waals surface area contributed by atoms with Crippen LogP contribution in [0.25, 0.3) is 0 Å². The van der Waals surface area contributed by atoms with E-state index < -0.39 is 0 Å². The number of halogens is 1. The van der Waals surface area contributed by atoms with E-state index in [0.717, 1.165) is 34.5 Å². The van der Waals surface area contributed by atoms with Gasteiger partial charge in [0.2, 0.25) is 5.91 Å². The van der Waals surface area contributed by atoms with Crippen LogP contribution in [0.2, 0.25) is 0 Å². The van der Waals surface area contributed by atoms with Crippen molar-refractivity contribution >= 4 is 33.2 Å². The maximum atomic E-state index is 11.9. The van der Waals surface area contributed by atoms with E-state index >= 15 is 0 Å². The Morgan fingerprint density at radius 2 is 2.00 bits per heavy atom. The van der Waals surface area contributed by atoms with Gasteiger partial charge in [-0.1, -0.05) is 0 Å². The van der Waals surface area contributed by atoms with Gasteiger partial charge in [0, 0.05) is 35.9 Å². The van der Waals surface area contributed by atoms with E-state index in [4.69, 9.17) is 0 Å². The molecule has 0 bridgehead atoms. The third-order valence-electron chi connectivity index (χ3n) is 3.53. The number of carbonyl (C=O) groups excluding carboxylic acids is 1. The molecule has 0 aromatic heterocycles. The largest absolute Gasteiger partial charge is 0.372 e. The summed E-state index contributed by atoms with van der Waals surface area (Å²) in [5, 5.41) is 5.96. The number of fused-ring (bicyclic) bond motifs is 1.